The molecule has 6 aromatic rings. The Hall–Kier alpha value is -5.73. The SMILES string of the molecule is COc1cccc([C@@H]2C(C(=O)Nc3ccccc3)=C(C)N=c3s/c(=C\c4c(OCc5ccccc5)ccc5ccccc45)c(=O)n32)c1. The number of rotatable bonds is 8. The summed E-state index contributed by atoms with van der Waals surface area (Å²) < 4.78 is 14.0. The highest BCUT2D eigenvalue weighted by atomic mass is 32.1. The van der Waals surface area contributed by atoms with Crippen LogP contribution in [0.5, 0.6) is 11.5 Å². The Morgan fingerprint density at radius 3 is 2.45 bits per heavy atom. The lowest BCUT2D eigenvalue weighted by Crippen LogP contribution is -2.40. The number of aromatic nitrogens is 1. The Labute approximate surface area is 275 Å². The van der Waals surface area contributed by atoms with Crippen molar-refractivity contribution in [3.63, 3.8) is 0 Å². The standard InChI is InChI=1S/C39H31N3O4S/c1-25-35(37(43)41-29-16-7-4-8-17-29)36(28-15-11-18-30(22-28)45-2)42-38(44)34(47-39(42)40-25)23-32-31-19-10-9-14-27(31)20-21-33(32)46-24-26-12-5-3-6-13-26/h3-23,36H,24H2,1-2H3,(H,41,43)/b34-23-/t36-/m1/s1. The Morgan fingerprint density at radius 1 is 0.915 bits per heavy atom. The van der Waals surface area contributed by atoms with Gasteiger partial charge in [0.15, 0.2) is 4.80 Å². The number of ether oxygens (including phenoxy) is 2. The van der Waals surface area contributed by atoms with Gasteiger partial charge in [0.25, 0.3) is 11.5 Å². The summed E-state index contributed by atoms with van der Waals surface area (Å²) >= 11 is 1.29. The molecule has 0 fully saturated rings. The molecule has 47 heavy (non-hydrogen) atoms. The molecule has 0 aliphatic carbocycles. The van der Waals surface area contributed by atoms with Crippen LogP contribution in [0.1, 0.15) is 29.7 Å². The second kappa shape index (κ2) is 12.9. The van der Waals surface area contributed by atoms with Gasteiger partial charge in [-0.3, -0.25) is 14.2 Å². The summed E-state index contributed by atoms with van der Waals surface area (Å²) in [6, 6.07) is 38.0. The number of hydrogen-bond donors (Lipinski definition) is 1. The lowest BCUT2D eigenvalue weighted by atomic mass is 9.95. The molecule has 232 valence electrons. The van der Waals surface area contributed by atoms with Crippen LogP contribution in [0.15, 0.2) is 142 Å². The van der Waals surface area contributed by atoms with Gasteiger partial charge in [-0.05, 0) is 65.2 Å². The van der Waals surface area contributed by atoms with Crippen molar-refractivity contribution in [2.75, 3.05) is 12.4 Å². The van der Waals surface area contributed by atoms with Gasteiger partial charge in [0, 0.05) is 11.3 Å². The Morgan fingerprint density at radius 2 is 1.66 bits per heavy atom. The summed E-state index contributed by atoms with van der Waals surface area (Å²) in [5.74, 6) is 0.963. The van der Waals surface area contributed by atoms with Gasteiger partial charge in [-0.25, -0.2) is 4.99 Å². The molecule has 2 heterocycles. The van der Waals surface area contributed by atoms with Crippen LogP contribution in [0.2, 0.25) is 0 Å². The van der Waals surface area contributed by atoms with Crippen LogP contribution in [0.3, 0.4) is 0 Å². The topological polar surface area (TPSA) is 81.9 Å². The highest BCUT2D eigenvalue weighted by Gasteiger charge is 2.33. The quantitative estimate of drug-likeness (QED) is 0.204. The summed E-state index contributed by atoms with van der Waals surface area (Å²) in [5, 5.41) is 4.99. The van der Waals surface area contributed by atoms with Crippen molar-refractivity contribution in [3.05, 3.63) is 169 Å². The summed E-state index contributed by atoms with van der Waals surface area (Å²) in [5.41, 5.74) is 3.91. The number of carbonyl (C=O) groups is 1. The first-order chi connectivity index (χ1) is 23.0. The van der Waals surface area contributed by atoms with Gasteiger partial charge in [0.05, 0.1) is 29.0 Å². The number of para-hydroxylation sites is 1. The number of hydrogen-bond acceptors (Lipinski definition) is 6. The highest BCUT2D eigenvalue weighted by molar-refractivity contribution is 7.07. The monoisotopic (exact) mass is 637 g/mol. The van der Waals surface area contributed by atoms with E-state index in [-0.39, 0.29) is 11.5 Å². The number of allylic oxidation sites excluding steroid dienone is 1. The van der Waals surface area contributed by atoms with Gasteiger partial charge in [-0.15, -0.1) is 0 Å². The Kier molecular flexibility index (Phi) is 8.25. The van der Waals surface area contributed by atoms with Crippen molar-refractivity contribution >= 4 is 39.8 Å². The van der Waals surface area contributed by atoms with Crippen LogP contribution >= 0.6 is 11.3 Å². The fraction of sp³-hybridized carbons (Fsp3) is 0.103. The average Bonchev–Trinajstić information content (AvgIpc) is 3.41. The van der Waals surface area contributed by atoms with Crippen molar-refractivity contribution in [3.8, 4) is 11.5 Å². The molecule has 1 atom stereocenters. The maximum Gasteiger partial charge on any atom is 0.271 e. The number of fused-ring (bicyclic) bond motifs is 2. The first-order valence-corrected chi connectivity index (χ1v) is 16.0. The van der Waals surface area contributed by atoms with Gasteiger partial charge in [-0.1, -0.05) is 102 Å². The first-order valence-electron chi connectivity index (χ1n) is 15.2. The second-order valence-corrected chi connectivity index (χ2v) is 12.2. The third kappa shape index (κ3) is 5.98. The van der Waals surface area contributed by atoms with Crippen molar-refractivity contribution < 1.29 is 14.3 Å². The molecule has 7 rings (SSSR count). The summed E-state index contributed by atoms with van der Waals surface area (Å²) in [6.45, 7) is 2.20. The van der Waals surface area contributed by atoms with E-state index in [4.69, 9.17) is 14.5 Å². The van der Waals surface area contributed by atoms with Crippen molar-refractivity contribution in [2.45, 2.75) is 19.6 Å². The lowest BCUT2D eigenvalue weighted by molar-refractivity contribution is -0.113. The summed E-state index contributed by atoms with van der Waals surface area (Å²) in [6.07, 6.45) is 1.89. The first kappa shape index (κ1) is 30.0. The predicted molar refractivity (Wildman–Crippen MR) is 187 cm³/mol. The van der Waals surface area contributed by atoms with Gasteiger partial charge >= 0.3 is 0 Å². The molecule has 1 N–H and O–H groups in total. The molecule has 0 saturated heterocycles. The molecule has 5 aromatic carbocycles. The normalized spacial score (nSPS) is 14.4. The van der Waals surface area contributed by atoms with Crippen LogP contribution in [0.25, 0.3) is 16.8 Å². The molecular formula is C39H31N3O4S. The minimum Gasteiger partial charge on any atom is -0.497 e. The molecule has 1 amide bonds. The number of nitrogens with zero attached hydrogens (tertiary/aromatic N) is 2. The smallest absolute Gasteiger partial charge is 0.271 e. The number of thiazole rings is 1. The third-order valence-electron chi connectivity index (χ3n) is 8.15. The van der Waals surface area contributed by atoms with Crippen LogP contribution in [0.4, 0.5) is 5.69 Å². The van der Waals surface area contributed by atoms with Gasteiger partial charge < -0.3 is 14.8 Å². The van der Waals surface area contributed by atoms with Crippen molar-refractivity contribution in [1.82, 2.24) is 4.57 Å². The maximum absolute atomic E-state index is 14.5. The molecule has 0 unspecified atom stereocenters. The molecular weight excluding hydrogens is 607 g/mol. The molecule has 0 spiro atoms. The highest BCUT2D eigenvalue weighted by Crippen LogP contribution is 2.33. The molecule has 7 nitrogen and oxygen atoms in total. The van der Waals surface area contributed by atoms with Crippen LogP contribution in [-0.2, 0) is 11.4 Å². The van der Waals surface area contributed by atoms with Crippen LogP contribution in [-0.4, -0.2) is 17.6 Å². The van der Waals surface area contributed by atoms with E-state index in [9.17, 15) is 9.59 Å². The van der Waals surface area contributed by atoms with E-state index < -0.39 is 6.04 Å². The molecule has 1 aliphatic heterocycles. The van der Waals surface area contributed by atoms with E-state index >= 15 is 0 Å². The number of amides is 1. The van der Waals surface area contributed by atoms with Crippen LogP contribution in [0, 0.1) is 0 Å². The minimum atomic E-state index is -0.728. The number of anilines is 1. The molecule has 1 aliphatic rings. The minimum absolute atomic E-state index is 0.249. The lowest BCUT2D eigenvalue weighted by Gasteiger charge is -2.25. The van der Waals surface area contributed by atoms with E-state index in [0.29, 0.717) is 44.4 Å². The van der Waals surface area contributed by atoms with Crippen molar-refractivity contribution in [1.29, 1.82) is 0 Å². The number of benzene rings is 5. The maximum atomic E-state index is 14.5. The molecule has 8 heteroatoms. The second-order valence-electron chi connectivity index (χ2n) is 11.2. The zero-order valence-corrected chi connectivity index (χ0v) is 26.7. The predicted octanol–water partition coefficient (Wildman–Crippen LogP) is 6.61. The van der Waals surface area contributed by atoms with E-state index in [0.717, 1.165) is 27.5 Å². The zero-order valence-electron chi connectivity index (χ0n) is 25.8. The fourth-order valence-corrected chi connectivity index (χ4v) is 6.90. The zero-order chi connectivity index (χ0) is 32.3. The van der Waals surface area contributed by atoms with E-state index in [1.807, 2.05) is 134 Å². The number of carbonyl (C=O) groups excluding carboxylic acids is 1. The third-order valence-corrected chi connectivity index (χ3v) is 9.13. The molecule has 0 bridgehead atoms. The summed E-state index contributed by atoms with van der Waals surface area (Å²) in [4.78, 5) is 33.7. The van der Waals surface area contributed by atoms with Crippen LogP contribution < -0.4 is 29.7 Å². The largest absolute Gasteiger partial charge is 0.497 e. The van der Waals surface area contributed by atoms with Gasteiger partial charge in [0.1, 0.15) is 18.1 Å². The van der Waals surface area contributed by atoms with E-state index in [1.165, 1.54) is 11.3 Å². The summed E-state index contributed by atoms with van der Waals surface area (Å²) in [7, 11) is 1.59. The van der Waals surface area contributed by atoms with Crippen molar-refractivity contribution in [2.24, 2.45) is 4.99 Å². The van der Waals surface area contributed by atoms with E-state index in [1.54, 1.807) is 11.7 Å². The average molecular weight is 638 g/mol. The molecule has 1 aromatic heterocycles. The Balaban J connectivity index is 1.39. The molecule has 0 saturated carbocycles. The fourth-order valence-electron chi connectivity index (χ4n) is 5.88. The van der Waals surface area contributed by atoms with E-state index in [2.05, 4.69) is 5.32 Å². The number of methoxy groups -OCH3 is 1. The van der Waals surface area contributed by atoms with Gasteiger partial charge in [0.2, 0.25) is 0 Å². The number of nitrogens with one attached hydrogen (secondary N) is 1. The van der Waals surface area contributed by atoms with Gasteiger partial charge in [-0.2, -0.15) is 0 Å². The molecule has 0 radical (unpaired) electrons. The Bertz CT molecular complexity index is 2330.